The Kier molecular flexibility index (Phi) is 4.23. The Labute approximate surface area is 164 Å². The third-order valence-corrected chi connectivity index (χ3v) is 6.16. The maximum atomic E-state index is 13.0. The van der Waals surface area contributed by atoms with E-state index >= 15 is 0 Å². The van der Waals surface area contributed by atoms with E-state index in [0.29, 0.717) is 18.7 Å². The van der Waals surface area contributed by atoms with Crippen LogP contribution >= 0.6 is 0 Å². The lowest BCUT2D eigenvalue weighted by atomic mass is 9.98. The Morgan fingerprint density at radius 2 is 1.93 bits per heavy atom. The van der Waals surface area contributed by atoms with Crippen molar-refractivity contribution >= 4 is 5.65 Å². The average Bonchev–Trinajstić information content (AvgIpc) is 3.18. The van der Waals surface area contributed by atoms with Crippen LogP contribution in [0, 0.1) is 6.92 Å². The summed E-state index contributed by atoms with van der Waals surface area (Å²) in [6.07, 6.45) is 3.97. The molecule has 3 aromatic rings. The van der Waals surface area contributed by atoms with E-state index in [-0.39, 0.29) is 5.56 Å². The number of aromatic amines is 1. The van der Waals surface area contributed by atoms with Crippen LogP contribution in [0.4, 0.5) is 0 Å². The number of fused-ring (bicyclic) bond motifs is 4. The number of aryl methyl sites for hydroxylation is 1. The third-order valence-electron chi connectivity index (χ3n) is 6.16. The molecule has 2 aromatic heterocycles. The van der Waals surface area contributed by atoms with E-state index in [0.717, 1.165) is 54.2 Å². The Bertz CT molecular complexity index is 1070. The molecule has 1 N–H and O–H groups in total. The van der Waals surface area contributed by atoms with Crippen molar-refractivity contribution in [2.24, 2.45) is 0 Å². The van der Waals surface area contributed by atoms with E-state index in [2.05, 4.69) is 22.1 Å². The summed E-state index contributed by atoms with van der Waals surface area (Å²) in [4.78, 5) is 20.5. The second-order valence-corrected chi connectivity index (χ2v) is 8.02. The van der Waals surface area contributed by atoms with Gasteiger partial charge in [-0.05, 0) is 50.8 Å². The van der Waals surface area contributed by atoms with Crippen LogP contribution in [0.3, 0.4) is 0 Å². The number of hydrogen-bond donors (Lipinski definition) is 1. The van der Waals surface area contributed by atoms with Gasteiger partial charge < -0.3 is 4.74 Å². The minimum Gasteiger partial charge on any atom is -0.494 e. The molecule has 2 aliphatic heterocycles. The normalized spacial score (nSPS) is 21.6. The Balaban J connectivity index is 1.44. The van der Waals surface area contributed by atoms with Gasteiger partial charge in [-0.1, -0.05) is 12.1 Å². The van der Waals surface area contributed by atoms with Gasteiger partial charge in [0, 0.05) is 42.4 Å². The van der Waals surface area contributed by atoms with Crippen LogP contribution in [0.5, 0.6) is 5.75 Å². The van der Waals surface area contributed by atoms with Crippen molar-refractivity contribution in [2.45, 2.75) is 58.2 Å². The molecule has 6 heteroatoms. The maximum Gasteiger partial charge on any atom is 0.276 e. The second kappa shape index (κ2) is 6.78. The number of hydrogen-bond acceptors (Lipinski definition) is 4. The molecule has 0 aliphatic carbocycles. The van der Waals surface area contributed by atoms with E-state index < -0.39 is 0 Å². The van der Waals surface area contributed by atoms with Crippen LogP contribution in [0.15, 0.2) is 35.1 Å². The highest BCUT2D eigenvalue weighted by Crippen LogP contribution is 2.34. The zero-order chi connectivity index (χ0) is 19.3. The first kappa shape index (κ1) is 17.5. The van der Waals surface area contributed by atoms with E-state index in [9.17, 15) is 4.79 Å². The van der Waals surface area contributed by atoms with Gasteiger partial charge in [0.1, 0.15) is 5.75 Å². The molecule has 0 radical (unpaired) electrons. The highest BCUT2D eigenvalue weighted by molar-refractivity contribution is 5.42. The highest BCUT2D eigenvalue weighted by Gasteiger charge is 2.38. The van der Waals surface area contributed by atoms with Crippen molar-refractivity contribution in [1.29, 1.82) is 0 Å². The number of nitrogens with zero attached hydrogens (tertiary/aromatic N) is 3. The van der Waals surface area contributed by atoms with Crippen LogP contribution < -0.4 is 10.3 Å². The summed E-state index contributed by atoms with van der Waals surface area (Å²) in [5.41, 5.74) is 4.94. The van der Waals surface area contributed by atoms with Gasteiger partial charge >= 0.3 is 0 Å². The molecule has 28 heavy (non-hydrogen) atoms. The fourth-order valence-electron chi connectivity index (χ4n) is 4.84. The first-order valence-corrected chi connectivity index (χ1v) is 10.2. The van der Waals surface area contributed by atoms with Gasteiger partial charge in [-0.25, -0.2) is 9.50 Å². The summed E-state index contributed by atoms with van der Waals surface area (Å²) >= 11 is 0. The zero-order valence-corrected chi connectivity index (χ0v) is 16.4. The van der Waals surface area contributed by atoms with Crippen molar-refractivity contribution in [3.05, 3.63) is 63.2 Å². The Morgan fingerprint density at radius 3 is 2.68 bits per heavy atom. The largest absolute Gasteiger partial charge is 0.494 e. The average molecular weight is 378 g/mol. The molecule has 0 spiro atoms. The summed E-state index contributed by atoms with van der Waals surface area (Å²) in [5, 5.41) is 3.12. The standard InChI is InChI=1S/C22H26N4O2/c1-3-28-18-8-4-15(5-9-18)13-25-16-6-7-17(25)12-20-19(11-16)22(27)26-21(23-20)10-14(2)24-26/h4-5,8-10,16-17,24H,3,6-7,11-13H2,1-2H3/t16-,17-/m1/s1. The Hall–Kier alpha value is -2.60. The monoisotopic (exact) mass is 378 g/mol. The molecule has 1 aromatic carbocycles. The lowest BCUT2D eigenvalue weighted by Crippen LogP contribution is -2.36. The van der Waals surface area contributed by atoms with Gasteiger partial charge in [0.25, 0.3) is 5.56 Å². The predicted molar refractivity (Wildman–Crippen MR) is 108 cm³/mol. The van der Waals surface area contributed by atoms with Crippen LogP contribution in [0.1, 0.15) is 42.3 Å². The highest BCUT2D eigenvalue weighted by atomic mass is 16.5. The van der Waals surface area contributed by atoms with Gasteiger partial charge in [0.15, 0.2) is 5.65 Å². The summed E-state index contributed by atoms with van der Waals surface area (Å²) in [5.74, 6) is 0.917. The zero-order valence-electron chi connectivity index (χ0n) is 16.4. The minimum atomic E-state index is 0.0710. The molecule has 2 aliphatic rings. The van der Waals surface area contributed by atoms with Gasteiger partial charge in [0.05, 0.1) is 12.3 Å². The minimum absolute atomic E-state index is 0.0710. The van der Waals surface area contributed by atoms with E-state index in [4.69, 9.17) is 9.72 Å². The first-order valence-electron chi connectivity index (χ1n) is 10.2. The number of benzene rings is 1. The number of ether oxygens (including phenoxy) is 1. The van der Waals surface area contributed by atoms with E-state index in [1.54, 1.807) is 4.52 Å². The quantitative estimate of drug-likeness (QED) is 0.758. The third kappa shape index (κ3) is 2.92. The van der Waals surface area contributed by atoms with Gasteiger partial charge in [-0.15, -0.1) is 0 Å². The van der Waals surface area contributed by atoms with Gasteiger partial charge in [-0.3, -0.25) is 14.8 Å². The molecule has 1 saturated heterocycles. The fraction of sp³-hybridized carbons (Fsp3) is 0.455. The molecular formula is C22H26N4O2. The predicted octanol–water partition coefficient (Wildman–Crippen LogP) is 2.86. The van der Waals surface area contributed by atoms with Gasteiger partial charge in [-0.2, -0.15) is 0 Å². The number of H-pyrrole nitrogens is 1. The van der Waals surface area contributed by atoms with Gasteiger partial charge in [0.2, 0.25) is 0 Å². The smallest absolute Gasteiger partial charge is 0.276 e. The number of aromatic nitrogens is 3. The van der Waals surface area contributed by atoms with Crippen molar-refractivity contribution < 1.29 is 4.74 Å². The maximum absolute atomic E-state index is 13.0. The lowest BCUT2D eigenvalue weighted by molar-refractivity contribution is 0.187. The van der Waals surface area contributed by atoms with Crippen molar-refractivity contribution in [3.8, 4) is 5.75 Å². The van der Waals surface area contributed by atoms with Crippen LogP contribution in [0.2, 0.25) is 0 Å². The Morgan fingerprint density at radius 1 is 1.18 bits per heavy atom. The van der Waals surface area contributed by atoms with Crippen LogP contribution in [-0.2, 0) is 19.4 Å². The van der Waals surface area contributed by atoms with Crippen LogP contribution in [0.25, 0.3) is 5.65 Å². The molecule has 146 valence electrons. The lowest BCUT2D eigenvalue weighted by Gasteiger charge is -2.27. The van der Waals surface area contributed by atoms with E-state index in [1.165, 1.54) is 12.0 Å². The molecule has 0 amide bonds. The number of rotatable bonds is 4. The summed E-state index contributed by atoms with van der Waals surface area (Å²) < 4.78 is 7.16. The van der Waals surface area contributed by atoms with Crippen LogP contribution in [-0.4, -0.2) is 38.2 Å². The summed E-state index contributed by atoms with van der Waals surface area (Å²) in [6.45, 7) is 5.55. The molecule has 5 rings (SSSR count). The fourth-order valence-corrected chi connectivity index (χ4v) is 4.84. The first-order chi connectivity index (χ1) is 13.6. The SMILES string of the molecule is CCOc1ccc(CN2[C@@H]3CC[C@@H]2Cc2c(nc4cc(C)[nH]n4c2=O)C3)cc1. The van der Waals surface area contributed by atoms with Crippen molar-refractivity contribution in [3.63, 3.8) is 0 Å². The number of nitrogens with one attached hydrogen (secondary N) is 1. The summed E-state index contributed by atoms with van der Waals surface area (Å²) in [7, 11) is 0. The van der Waals surface area contributed by atoms with Crippen molar-refractivity contribution in [2.75, 3.05) is 6.61 Å². The molecular weight excluding hydrogens is 352 g/mol. The summed E-state index contributed by atoms with van der Waals surface area (Å²) in [6, 6.07) is 11.2. The van der Waals surface area contributed by atoms with Crippen molar-refractivity contribution in [1.82, 2.24) is 19.5 Å². The molecule has 2 atom stereocenters. The molecule has 1 fully saturated rings. The van der Waals surface area contributed by atoms with E-state index in [1.807, 2.05) is 32.0 Å². The molecule has 0 unspecified atom stereocenters. The second-order valence-electron chi connectivity index (χ2n) is 8.02. The topological polar surface area (TPSA) is 62.6 Å². The molecule has 6 nitrogen and oxygen atoms in total. The molecule has 4 heterocycles. The molecule has 0 saturated carbocycles. The molecule has 2 bridgehead atoms.